The SMILES string of the molecule is COc1ccc(Oc2ccccc2-c2ccsc2S(=O)(=O)NCCNC(=O)Nc2cccc([N+](=O)[O-])c2)cc1OC. The number of hydrogen-bond acceptors (Lipinski definition) is 9. The Balaban J connectivity index is 1.42. The molecule has 0 atom stereocenters. The van der Waals surface area contributed by atoms with Gasteiger partial charge in [0.2, 0.25) is 0 Å². The van der Waals surface area contributed by atoms with Crippen LogP contribution in [0.3, 0.4) is 0 Å². The summed E-state index contributed by atoms with van der Waals surface area (Å²) >= 11 is 1.05. The normalized spacial score (nSPS) is 11.0. The molecule has 0 aliphatic rings. The number of nitro groups is 1. The topological polar surface area (TPSA) is 158 Å². The first-order chi connectivity index (χ1) is 19.7. The highest BCUT2D eigenvalue weighted by Gasteiger charge is 2.23. The molecule has 0 bridgehead atoms. The summed E-state index contributed by atoms with van der Waals surface area (Å²) in [5.74, 6) is 1.94. The standard InChI is InChI=1S/C27H26N4O8S2/c1-37-24-11-10-20(17-25(24)38-2)39-23-9-4-3-8-21(23)22-12-15-40-26(22)41(35,36)29-14-13-28-27(32)30-18-6-5-7-19(16-18)31(33)34/h3-12,15-17,29H,13-14H2,1-2H3,(H2,28,30,32). The van der Waals surface area contributed by atoms with Gasteiger partial charge in [-0.15, -0.1) is 11.3 Å². The van der Waals surface area contributed by atoms with Crippen molar-refractivity contribution in [3.05, 3.63) is 88.3 Å². The second-order valence-electron chi connectivity index (χ2n) is 8.32. The maximum Gasteiger partial charge on any atom is 0.319 e. The maximum atomic E-state index is 13.2. The number of nitrogens with zero attached hydrogens (tertiary/aromatic N) is 1. The molecule has 4 rings (SSSR count). The average molecular weight is 599 g/mol. The van der Waals surface area contributed by atoms with Crippen molar-refractivity contribution < 1.29 is 32.3 Å². The van der Waals surface area contributed by atoms with Crippen molar-refractivity contribution in [3.8, 4) is 34.1 Å². The molecule has 1 aromatic heterocycles. The van der Waals surface area contributed by atoms with Crippen LogP contribution < -0.4 is 29.6 Å². The number of non-ortho nitro benzene ring substituents is 1. The summed E-state index contributed by atoms with van der Waals surface area (Å²) in [6, 6.07) is 18.7. The number of methoxy groups -OCH3 is 2. The van der Waals surface area contributed by atoms with Crippen LogP contribution in [0.2, 0.25) is 0 Å². The molecule has 0 unspecified atom stereocenters. The number of para-hydroxylation sites is 1. The molecule has 12 nitrogen and oxygen atoms in total. The zero-order valence-electron chi connectivity index (χ0n) is 21.9. The van der Waals surface area contributed by atoms with Crippen LogP contribution in [-0.4, -0.2) is 46.7 Å². The predicted molar refractivity (Wildman–Crippen MR) is 155 cm³/mol. The van der Waals surface area contributed by atoms with Crippen LogP contribution in [0.5, 0.6) is 23.0 Å². The second kappa shape index (κ2) is 13.1. The predicted octanol–water partition coefficient (Wildman–Crippen LogP) is 5.23. The van der Waals surface area contributed by atoms with E-state index < -0.39 is 21.0 Å². The highest BCUT2D eigenvalue weighted by Crippen LogP contribution is 2.40. The summed E-state index contributed by atoms with van der Waals surface area (Å²) in [7, 11) is -0.896. The number of anilines is 1. The van der Waals surface area contributed by atoms with Crippen LogP contribution in [0.25, 0.3) is 11.1 Å². The van der Waals surface area contributed by atoms with E-state index in [1.807, 2.05) is 0 Å². The minimum Gasteiger partial charge on any atom is -0.493 e. The molecule has 0 aliphatic heterocycles. The summed E-state index contributed by atoms with van der Waals surface area (Å²) < 4.78 is 45.7. The van der Waals surface area contributed by atoms with Crippen molar-refractivity contribution in [1.82, 2.24) is 10.0 Å². The minimum absolute atomic E-state index is 0.0281. The van der Waals surface area contributed by atoms with Crippen molar-refractivity contribution in [2.75, 3.05) is 32.6 Å². The summed E-state index contributed by atoms with van der Waals surface area (Å²) in [6.07, 6.45) is 0. The molecule has 0 saturated heterocycles. The number of rotatable bonds is 12. The summed E-state index contributed by atoms with van der Waals surface area (Å²) in [5.41, 5.74) is 1.08. The van der Waals surface area contributed by atoms with E-state index in [9.17, 15) is 23.3 Å². The molecule has 41 heavy (non-hydrogen) atoms. The number of nitrogens with one attached hydrogen (secondary N) is 3. The van der Waals surface area contributed by atoms with Gasteiger partial charge in [-0.25, -0.2) is 17.9 Å². The molecule has 2 amide bonds. The first-order valence-corrected chi connectivity index (χ1v) is 14.4. The molecule has 4 aromatic rings. The zero-order chi connectivity index (χ0) is 29.4. The van der Waals surface area contributed by atoms with Crippen molar-refractivity contribution in [1.29, 1.82) is 0 Å². The molecular weight excluding hydrogens is 572 g/mol. The Morgan fingerprint density at radius 3 is 2.44 bits per heavy atom. The Morgan fingerprint density at radius 2 is 1.68 bits per heavy atom. The second-order valence-corrected chi connectivity index (χ2v) is 11.2. The Kier molecular flexibility index (Phi) is 9.39. The number of benzene rings is 3. The lowest BCUT2D eigenvalue weighted by atomic mass is 10.1. The van der Waals surface area contributed by atoms with E-state index in [2.05, 4.69) is 15.4 Å². The monoisotopic (exact) mass is 598 g/mol. The van der Waals surface area contributed by atoms with Crippen LogP contribution in [-0.2, 0) is 10.0 Å². The minimum atomic E-state index is -3.95. The molecule has 214 valence electrons. The zero-order valence-corrected chi connectivity index (χ0v) is 23.6. The van der Waals surface area contributed by atoms with Crippen LogP contribution in [0.15, 0.2) is 82.4 Å². The van der Waals surface area contributed by atoms with Crippen molar-refractivity contribution in [3.63, 3.8) is 0 Å². The van der Waals surface area contributed by atoms with Crippen LogP contribution >= 0.6 is 11.3 Å². The summed E-state index contributed by atoms with van der Waals surface area (Å²) in [5, 5.41) is 17.6. The average Bonchev–Trinajstić information content (AvgIpc) is 3.47. The molecular formula is C27H26N4O8S2. The number of urea groups is 1. The molecule has 14 heteroatoms. The maximum absolute atomic E-state index is 13.2. The molecule has 0 fully saturated rings. The molecule has 0 saturated carbocycles. The largest absolute Gasteiger partial charge is 0.493 e. The summed E-state index contributed by atoms with van der Waals surface area (Å²) in [4.78, 5) is 22.5. The molecule has 1 heterocycles. The number of thiophene rings is 1. The van der Waals surface area contributed by atoms with Gasteiger partial charge in [-0.05, 0) is 35.7 Å². The lowest BCUT2D eigenvalue weighted by Crippen LogP contribution is -2.36. The van der Waals surface area contributed by atoms with Gasteiger partial charge < -0.3 is 24.8 Å². The third-order valence-electron chi connectivity index (χ3n) is 5.65. The Labute approximate surface area is 240 Å². The van der Waals surface area contributed by atoms with Gasteiger partial charge in [0.05, 0.1) is 19.1 Å². The first kappa shape index (κ1) is 29.3. The molecule has 3 aromatic carbocycles. The van der Waals surface area contributed by atoms with Crippen molar-refractivity contribution >= 4 is 38.8 Å². The van der Waals surface area contributed by atoms with Gasteiger partial charge in [0, 0.05) is 48.1 Å². The van der Waals surface area contributed by atoms with Crippen molar-refractivity contribution in [2.45, 2.75) is 4.21 Å². The first-order valence-electron chi connectivity index (χ1n) is 12.1. The highest BCUT2D eigenvalue weighted by molar-refractivity contribution is 7.91. The van der Waals surface area contributed by atoms with Gasteiger partial charge in [-0.3, -0.25) is 10.1 Å². The smallest absolute Gasteiger partial charge is 0.319 e. The van der Waals surface area contributed by atoms with Gasteiger partial charge in [-0.2, -0.15) is 0 Å². The number of nitro benzene ring substituents is 1. The molecule has 0 aliphatic carbocycles. The van der Waals surface area contributed by atoms with Gasteiger partial charge in [0.1, 0.15) is 15.7 Å². The third kappa shape index (κ3) is 7.30. The van der Waals surface area contributed by atoms with Crippen LogP contribution in [0, 0.1) is 10.1 Å². The molecule has 3 N–H and O–H groups in total. The molecule has 0 radical (unpaired) electrons. The summed E-state index contributed by atoms with van der Waals surface area (Å²) in [6.45, 7) is -0.120. The van der Waals surface area contributed by atoms with E-state index in [-0.39, 0.29) is 28.7 Å². The lowest BCUT2D eigenvalue weighted by molar-refractivity contribution is -0.384. The number of ether oxygens (including phenoxy) is 3. The quantitative estimate of drug-likeness (QED) is 0.114. The number of sulfonamides is 1. The number of amides is 2. The van der Waals surface area contributed by atoms with Gasteiger partial charge >= 0.3 is 6.03 Å². The van der Waals surface area contributed by atoms with Gasteiger partial charge in [-0.1, -0.05) is 24.3 Å². The third-order valence-corrected chi connectivity index (χ3v) is 8.60. The Morgan fingerprint density at radius 1 is 0.902 bits per heavy atom. The number of carbonyl (C=O) groups excluding carboxylic acids is 1. The van der Waals surface area contributed by atoms with Crippen molar-refractivity contribution in [2.24, 2.45) is 0 Å². The van der Waals surface area contributed by atoms with E-state index in [4.69, 9.17) is 14.2 Å². The fourth-order valence-corrected chi connectivity index (χ4v) is 6.24. The molecule has 0 spiro atoms. The Bertz CT molecular complexity index is 1660. The van der Waals surface area contributed by atoms with E-state index in [1.165, 1.54) is 38.5 Å². The Hall–Kier alpha value is -4.66. The fourth-order valence-electron chi connectivity index (χ4n) is 3.79. The van der Waals surface area contributed by atoms with Crippen LogP contribution in [0.4, 0.5) is 16.2 Å². The van der Waals surface area contributed by atoms with E-state index >= 15 is 0 Å². The highest BCUT2D eigenvalue weighted by atomic mass is 32.2. The lowest BCUT2D eigenvalue weighted by Gasteiger charge is -2.14. The van der Waals surface area contributed by atoms with E-state index in [1.54, 1.807) is 53.9 Å². The fraction of sp³-hybridized carbons (Fsp3) is 0.148. The van der Waals surface area contributed by atoms with E-state index in [0.717, 1.165) is 11.3 Å². The van der Waals surface area contributed by atoms with Crippen LogP contribution in [0.1, 0.15) is 0 Å². The van der Waals surface area contributed by atoms with E-state index in [0.29, 0.717) is 34.1 Å². The number of carbonyl (C=O) groups is 1. The number of hydrogen-bond donors (Lipinski definition) is 3. The van der Waals surface area contributed by atoms with Gasteiger partial charge in [0.15, 0.2) is 11.5 Å². The van der Waals surface area contributed by atoms with Gasteiger partial charge in [0.25, 0.3) is 15.7 Å².